The van der Waals surface area contributed by atoms with Crippen LogP contribution in [0.15, 0.2) is 35.4 Å². The lowest BCUT2D eigenvalue weighted by Crippen LogP contribution is -2.05. The second-order valence-corrected chi connectivity index (χ2v) is 3.01. The number of hydrogen-bond donors (Lipinski definition) is 2. The van der Waals surface area contributed by atoms with E-state index in [9.17, 15) is 9.59 Å². The van der Waals surface area contributed by atoms with E-state index in [1.807, 2.05) is 0 Å². The minimum Gasteiger partial charge on any atom is -0.477 e. The molecule has 2 aromatic heterocycles. The molecule has 80 valence electrons. The standard InChI is InChI=1S/C10H7N3O3/c14-8-2-1-6(5-12-8)9-11-4-3-7(13-9)10(15)16/h1-5H,(H,12,14)(H,15,16). The van der Waals surface area contributed by atoms with Crippen LogP contribution in [0.2, 0.25) is 0 Å². The predicted molar refractivity (Wildman–Crippen MR) is 55.0 cm³/mol. The third-order valence-corrected chi connectivity index (χ3v) is 1.92. The highest BCUT2D eigenvalue weighted by Crippen LogP contribution is 2.11. The molecule has 0 radical (unpaired) electrons. The van der Waals surface area contributed by atoms with E-state index in [1.54, 1.807) is 0 Å². The van der Waals surface area contributed by atoms with E-state index in [1.165, 1.54) is 30.6 Å². The van der Waals surface area contributed by atoms with Crippen LogP contribution in [0.4, 0.5) is 0 Å². The van der Waals surface area contributed by atoms with Crippen molar-refractivity contribution in [2.24, 2.45) is 0 Å². The zero-order valence-corrected chi connectivity index (χ0v) is 8.04. The number of aromatic amines is 1. The van der Waals surface area contributed by atoms with Gasteiger partial charge in [-0.1, -0.05) is 0 Å². The van der Waals surface area contributed by atoms with E-state index in [4.69, 9.17) is 5.11 Å². The monoisotopic (exact) mass is 217 g/mol. The molecule has 0 fully saturated rings. The summed E-state index contributed by atoms with van der Waals surface area (Å²) in [5.41, 5.74) is 0.233. The lowest BCUT2D eigenvalue weighted by molar-refractivity contribution is 0.0690. The third kappa shape index (κ3) is 1.95. The molecule has 0 atom stereocenters. The van der Waals surface area contributed by atoms with Crippen molar-refractivity contribution in [2.75, 3.05) is 0 Å². The molecule has 0 spiro atoms. The first kappa shape index (κ1) is 10.0. The Kier molecular flexibility index (Phi) is 2.47. The molecule has 0 unspecified atom stereocenters. The van der Waals surface area contributed by atoms with Gasteiger partial charge in [0.2, 0.25) is 5.56 Å². The van der Waals surface area contributed by atoms with Crippen molar-refractivity contribution in [3.05, 3.63) is 46.6 Å². The fraction of sp³-hybridized carbons (Fsp3) is 0. The summed E-state index contributed by atoms with van der Waals surface area (Å²) in [6, 6.07) is 4.16. The first-order chi connectivity index (χ1) is 7.66. The quantitative estimate of drug-likeness (QED) is 0.764. The molecule has 0 aliphatic carbocycles. The molecular weight excluding hydrogens is 210 g/mol. The van der Waals surface area contributed by atoms with Gasteiger partial charge in [-0.15, -0.1) is 0 Å². The number of hydrogen-bond acceptors (Lipinski definition) is 4. The van der Waals surface area contributed by atoms with Crippen LogP contribution in [0.5, 0.6) is 0 Å². The summed E-state index contributed by atoms with van der Waals surface area (Å²) < 4.78 is 0. The first-order valence-electron chi connectivity index (χ1n) is 4.42. The Morgan fingerprint density at radius 1 is 1.31 bits per heavy atom. The van der Waals surface area contributed by atoms with E-state index in [2.05, 4.69) is 15.0 Å². The lowest BCUT2D eigenvalue weighted by atomic mass is 10.2. The molecule has 0 aliphatic heterocycles. The van der Waals surface area contributed by atoms with E-state index in [-0.39, 0.29) is 17.1 Å². The highest BCUT2D eigenvalue weighted by atomic mass is 16.4. The molecular formula is C10H7N3O3. The summed E-state index contributed by atoms with van der Waals surface area (Å²) in [5, 5.41) is 8.75. The van der Waals surface area contributed by atoms with Crippen LogP contribution in [-0.2, 0) is 0 Å². The van der Waals surface area contributed by atoms with Crippen molar-refractivity contribution in [2.45, 2.75) is 0 Å². The molecule has 6 nitrogen and oxygen atoms in total. The smallest absolute Gasteiger partial charge is 0.354 e. The van der Waals surface area contributed by atoms with Gasteiger partial charge < -0.3 is 10.1 Å². The summed E-state index contributed by atoms with van der Waals surface area (Å²) in [7, 11) is 0. The largest absolute Gasteiger partial charge is 0.477 e. The Morgan fingerprint density at radius 3 is 2.75 bits per heavy atom. The number of carbonyl (C=O) groups is 1. The fourth-order valence-corrected chi connectivity index (χ4v) is 1.17. The van der Waals surface area contributed by atoms with Gasteiger partial charge in [-0.25, -0.2) is 14.8 Å². The maximum absolute atomic E-state index is 10.8. The fourth-order valence-electron chi connectivity index (χ4n) is 1.17. The van der Waals surface area contributed by atoms with Crippen molar-refractivity contribution in [1.29, 1.82) is 0 Å². The number of nitrogens with zero attached hydrogens (tertiary/aromatic N) is 2. The number of carboxylic acid groups (broad SMARTS) is 1. The summed E-state index contributed by atoms with van der Waals surface area (Å²) in [6.07, 6.45) is 2.79. The van der Waals surface area contributed by atoms with Crippen LogP contribution in [-0.4, -0.2) is 26.0 Å². The predicted octanol–water partition coefficient (Wildman–Crippen LogP) is 0.530. The molecule has 0 saturated carbocycles. The van der Waals surface area contributed by atoms with Gasteiger partial charge in [-0.3, -0.25) is 4.79 Å². The minimum absolute atomic E-state index is 0.0869. The van der Waals surface area contributed by atoms with Crippen molar-refractivity contribution in [3.8, 4) is 11.4 Å². The molecule has 0 bridgehead atoms. The lowest BCUT2D eigenvalue weighted by Gasteiger charge is -1.99. The van der Waals surface area contributed by atoms with Gasteiger partial charge in [-0.05, 0) is 12.1 Å². The molecule has 6 heteroatoms. The Hall–Kier alpha value is -2.50. The molecule has 2 N–H and O–H groups in total. The second-order valence-electron chi connectivity index (χ2n) is 3.01. The van der Waals surface area contributed by atoms with E-state index in [0.29, 0.717) is 5.56 Å². The highest BCUT2D eigenvalue weighted by Gasteiger charge is 2.07. The van der Waals surface area contributed by atoms with Crippen LogP contribution < -0.4 is 5.56 Å². The molecule has 0 aromatic carbocycles. The number of pyridine rings is 1. The zero-order chi connectivity index (χ0) is 11.5. The van der Waals surface area contributed by atoms with Crippen LogP contribution >= 0.6 is 0 Å². The number of aromatic nitrogens is 3. The normalized spacial score (nSPS) is 10.0. The summed E-state index contributed by atoms with van der Waals surface area (Å²) in [4.78, 5) is 31.8. The topological polar surface area (TPSA) is 95.9 Å². The molecule has 2 rings (SSSR count). The number of H-pyrrole nitrogens is 1. The highest BCUT2D eigenvalue weighted by molar-refractivity contribution is 5.85. The number of carboxylic acids is 1. The van der Waals surface area contributed by atoms with Crippen molar-refractivity contribution in [3.63, 3.8) is 0 Å². The van der Waals surface area contributed by atoms with Crippen molar-refractivity contribution in [1.82, 2.24) is 15.0 Å². The van der Waals surface area contributed by atoms with Gasteiger partial charge in [0.05, 0.1) is 0 Å². The second kappa shape index (κ2) is 3.93. The number of rotatable bonds is 2. The summed E-state index contributed by atoms with van der Waals surface area (Å²) in [6.45, 7) is 0. The number of aromatic carboxylic acids is 1. The average Bonchev–Trinajstić information content (AvgIpc) is 2.30. The van der Waals surface area contributed by atoms with Gasteiger partial charge >= 0.3 is 5.97 Å². The molecule has 0 amide bonds. The summed E-state index contributed by atoms with van der Waals surface area (Å²) >= 11 is 0. The van der Waals surface area contributed by atoms with Crippen LogP contribution in [0, 0.1) is 0 Å². The SMILES string of the molecule is O=C(O)c1ccnc(-c2ccc(=O)[nH]c2)n1. The van der Waals surface area contributed by atoms with E-state index >= 15 is 0 Å². The van der Waals surface area contributed by atoms with Gasteiger partial charge in [0.15, 0.2) is 11.5 Å². The number of nitrogens with one attached hydrogen (secondary N) is 1. The Labute approximate surface area is 89.6 Å². The first-order valence-corrected chi connectivity index (χ1v) is 4.42. The van der Waals surface area contributed by atoms with Gasteiger partial charge in [-0.2, -0.15) is 0 Å². The zero-order valence-electron chi connectivity index (χ0n) is 8.04. The van der Waals surface area contributed by atoms with E-state index in [0.717, 1.165) is 0 Å². The molecule has 2 heterocycles. The summed E-state index contributed by atoms with van der Waals surface area (Å²) in [5.74, 6) is -0.857. The van der Waals surface area contributed by atoms with E-state index < -0.39 is 5.97 Å². The molecule has 2 aromatic rings. The van der Waals surface area contributed by atoms with Gasteiger partial charge in [0.25, 0.3) is 0 Å². The molecule has 0 aliphatic rings. The van der Waals surface area contributed by atoms with Crippen LogP contribution in [0.3, 0.4) is 0 Å². The van der Waals surface area contributed by atoms with Gasteiger partial charge in [0, 0.05) is 24.0 Å². The van der Waals surface area contributed by atoms with Crippen molar-refractivity contribution >= 4 is 5.97 Å². The molecule has 0 saturated heterocycles. The Morgan fingerprint density at radius 2 is 2.12 bits per heavy atom. The van der Waals surface area contributed by atoms with Gasteiger partial charge in [0.1, 0.15) is 0 Å². The maximum atomic E-state index is 10.8. The Balaban J connectivity index is 2.48. The van der Waals surface area contributed by atoms with Crippen molar-refractivity contribution < 1.29 is 9.90 Å². The van der Waals surface area contributed by atoms with Crippen LogP contribution in [0.25, 0.3) is 11.4 Å². The van der Waals surface area contributed by atoms with Crippen LogP contribution in [0.1, 0.15) is 10.5 Å². The Bertz CT molecular complexity index is 571. The maximum Gasteiger partial charge on any atom is 0.354 e. The minimum atomic E-state index is -1.12. The average molecular weight is 217 g/mol. The third-order valence-electron chi connectivity index (χ3n) is 1.92. The molecule has 16 heavy (non-hydrogen) atoms.